The van der Waals surface area contributed by atoms with Gasteiger partial charge in [0, 0.05) is 6.61 Å². The second kappa shape index (κ2) is 8.17. The van der Waals surface area contributed by atoms with E-state index < -0.39 is 0 Å². The van der Waals surface area contributed by atoms with Crippen LogP contribution in [0.15, 0.2) is 24.3 Å². The molecule has 2 nitrogen and oxygen atoms in total. The van der Waals surface area contributed by atoms with Crippen molar-refractivity contribution in [1.29, 1.82) is 0 Å². The molecule has 2 heteroatoms. The summed E-state index contributed by atoms with van der Waals surface area (Å²) in [5.74, 6) is 0.309. The summed E-state index contributed by atoms with van der Waals surface area (Å²) in [5.41, 5.74) is 1.12. The van der Waals surface area contributed by atoms with Crippen LogP contribution in [-0.4, -0.2) is 11.7 Å². The predicted octanol–water partition coefficient (Wildman–Crippen LogP) is 3.88. The molecule has 0 aliphatic heterocycles. The van der Waals surface area contributed by atoms with E-state index in [4.69, 9.17) is 9.84 Å². The van der Waals surface area contributed by atoms with E-state index >= 15 is 0 Å². The van der Waals surface area contributed by atoms with E-state index in [9.17, 15) is 0 Å². The number of ether oxygens (including phenoxy) is 1. The van der Waals surface area contributed by atoms with Crippen molar-refractivity contribution in [2.24, 2.45) is 0 Å². The first-order valence-electron chi connectivity index (χ1n) is 6.18. The molecule has 0 aliphatic carbocycles. The first-order chi connectivity index (χ1) is 7.83. The van der Waals surface area contributed by atoms with Crippen molar-refractivity contribution in [3.63, 3.8) is 0 Å². The maximum absolute atomic E-state index is 9.11. The Kier molecular flexibility index (Phi) is 6.66. The fraction of sp³-hybridized carbons (Fsp3) is 0.571. The van der Waals surface area contributed by atoms with Gasteiger partial charge in [0.05, 0.1) is 6.61 Å². The van der Waals surface area contributed by atoms with Gasteiger partial charge in [0.2, 0.25) is 0 Å². The Hall–Kier alpha value is -1.02. The van der Waals surface area contributed by atoms with E-state index in [0.29, 0.717) is 12.4 Å². The number of benzene rings is 1. The zero-order valence-electron chi connectivity index (χ0n) is 10.1. The molecule has 0 bridgehead atoms. The second-order valence-corrected chi connectivity index (χ2v) is 4.13. The molecule has 0 radical (unpaired) electrons. The highest BCUT2D eigenvalue weighted by Gasteiger charge is 1.94. The molecule has 0 unspecified atom stereocenters. The van der Waals surface area contributed by atoms with Gasteiger partial charge >= 0.3 is 0 Å². The average molecular weight is 222 g/mol. The zero-order valence-corrected chi connectivity index (χ0v) is 10.1. The zero-order chi connectivity index (χ0) is 11.6. The van der Waals surface area contributed by atoms with Crippen LogP contribution in [0.2, 0.25) is 0 Å². The first kappa shape index (κ1) is 13.0. The Morgan fingerprint density at radius 1 is 1.00 bits per heavy atom. The van der Waals surface area contributed by atoms with Crippen molar-refractivity contribution < 1.29 is 9.84 Å². The normalized spacial score (nSPS) is 10.6. The molecule has 1 rings (SSSR count). The van der Waals surface area contributed by atoms with Gasteiger partial charge in [-0.3, -0.25) is 0 Å². The molecule has 0 aliphatic rings. The number of hydrogen-bond donors (Lipinski definition) is 1. The van der Waals surface area contributed by atoms with Gasteiger partial charge in [-0.15, -0.1) is 0 Å². The molecule has 16 heavy (non-hydrogen) atoms. The Bertz CT molecular complexity index is 267. The van der Waals surface area contributed by atoms with E-state index in [0.717, 1.165) is 18.6 Å². The lowest BCUT2D eigenvalue weighted by atomic mass is 10.2. The summed E-state index contributed by atoms with van der Waals surface area (Å²) in [4.78, 5) is 0. The van der Waals surface area contributed by atoms with Crippen molar-refractivity contribution in [3.8, 4) is 5.75 Å². The van der Waals surface area contributed by atoms with Gasteiger partial charge in [-0.2, -0.15) is 0 Å². The molecular weight excluding hydrogens is 200 g/mol. The quantitative estimate of drug-likeness (QED) is 0.676. The first-order valence-corrected chi connectivity index (χ1v) is 6.18. The Balaban J connectivity index is 2.01. The predicted molar refractivity (Wildman–Crippen MR) is 66.5 cm³/mol. The van der Waals surface area contributed by atoms with E-state index in [1.54, 1.807) is 12.1 Å². The van der Waals surface area contributed by atoms with Gasteiger partial charge in [0.15, 0.2) is 0 Å². The molecular formula is C14H22O2. The lowest BCUT2D eigenvalue weighted by molar-refractivity contribution is 0.116. The number of aromatic hydroxyl groups is 1. The number of rotatable bonds is 8. The standard InChI is InChI=1S/C14H22O2/c1-2-3-4-5-6-11-16-12-13-7-9-14(15)10-8-13/h7-10,15H,2-6,11-12H2,1H3. The molecule has 0 aromatic heterocycles. The number of unbranched alkanes of at least 4 members (excludes halogenated alkanes) is 4. The highest BCUT2D eigenvalue weighted by atomic mass is 16.5. The van der Waals surface area contributed by atoms with Crippen LogP contribution in [0.5, 0.6) is 5.75 Å². The van der Waals surface area contributed by atoms with Crippen LogP contribution in [0, 0.1) is 0 Å². The summed E-state index contributed by atoms with van der Waals surface area (Å²) in [5, 5.41) is 9.11. The number of hydrogen-bond acceptors (Lipinski definition) is 2. The Labute approximate surface area is 98.3 Å². The maximum atomic E-state index is 9.11. The molecule has 0 fully saturated rings. The minimum atomic E-state index is 0.309. The Morgan fingerprint density at radius 2 is 1.69 bits per heavy atom. The highest BCUT2D eigenvalue weighted by molar-refractivity contribution is 5.25. The highest BCUT2D eigenvalue weighted by Crippen LogP contribution is 2.10. The monoisotopic (exact) mass is 222 g/mol. The lowest BCUT2D eigenvalue weighted by Crippen LogP contribution is -1.95. The number of phenols is 1. The SMILES string of the molecule is CCCCCCCOCc1ccc(O)cc1. The van der Waals surface area contributed by atoms with Crippen molar-refractivity contribution in [2.75, 3.05) is 6.61 Å². The van der Waals surface area contributed by atoms with Crippen molar-refractivity contribution in [2.45, 2.75) is 45.6 Å². The fourth-order valence-corrected chi connectivity index (χ4v) is 1.59. The van der Waals surface area contributed by atoms with Gasteiger partial charge in [0.25, 0.3) is 0 Å². The molecule has 0 saturated heterocycles. The third-order valence-corrected chi connectivity index (χ3v) is 2.60. The summed E-state index contributed by atoms with van der Waals surface area (Å²) in [6, 6.07) is 7.18. The van der Waals surface area contributed by atoms with Crippen LogP contribution in [-0.2, 0) is 11.3 Å². The summed E-state index contributed by atoms with van der Waals surface area (Å²) in [7, 11) is 0. The maximum Gasteiger partial charge on any atom is 0.115 e. The van der Waals surface area contributed by atoms with Crippen molar-refractivity contribution >= 4 is 0 Å². The average Bonchev–Trinajstić information content (AvgIpc) is 2.30. The van der Waals surface area contributed by atoms with E-state index in [1.807, 2.05) is 12.1 Å². The van der Waals surface area contributed by atoms with Gasteiger partial charge in [-0.25, -0.2) is 0 Å². The van der Waals surface area contributed by atoms with Crippen LogP contribution >= 0.6 is 0 Å². The molecule has 0 saturated carbocycles. The van der Waals surface area contributed by atoms with E-state index in [-0.39, 0.29) is 0 Å². The third-order valence-electron chi connectivity index (χ3n) is 2.60. The molecule has 0 atom stereocenters. The fourth-order valence-electron chi connectivity index (χ4n) is 1.59. The van der Waals surface area contributed by atoms with Gasteiger partial charge < -0.3 is 9.84 Å². The Morgan fingerprint density at radius 3 is 2.38 bits per heavy atom. The molecule has 1 aromatic rings. The summed E-state index contributed by atoms with van der Waals surface area (Å²) in [6.45, 7) is 3.71. The van der Waals surface area contributed by atoms with Crippen LogP contribution in [0.3, 0.4) is 0 Å². The van der Waals surface area contributed by atoms with Gasteiger partial charge in [-0.05, 0) is 24.1 Å². The van der Waals surface area contributed by atoms with E-state index in [2.05, 4.69) is 6.92 Å². The minimum absolute atomic E-state index is 0.309. The lowest BCUT2D eigenvalue weighted by Gasteiger charge is -2.04. The molecule has 1 aromatic carbocycles. The molecule has 0 spiro atoms. The van der Waals surface area contributed by atoms with E-state index in [1.165, 1.54) is 25.7 Å². The van der Waals surface area contributed by atoms with Crippen molar-refractivity contribution in [1.82, 2.24) is 0 Å². The topological polar surface area (TPSA) is 29.5 Å². The summed E-state index contributed by atoms with van der Waals surface area (Å²) in [6.07, 6.45) is 6.35. The third kappa shape index (κ3) is 5.76. The summed E-state index contributed by atoms with van der Waals surface area (Å²) < 4.78 is 5.56. The smallest absolute Gasteiger partial charge is 0.115 e. The van der Waals surface area contributed by atoms with Crippen molar-refractivity contribution in [3.05, 3.63) is 29.8 Å². The minimum Gasteiger partial charge on any atom is -0.508 e. The molecule has 1 N–H and O–H groups in total. The number of phenolic OH excluding ortho intramolecular Hbond substituents is 1. The van der Waals surface area contributed by atoms with Crippen LogP contribution in [0.1, 0.15) is 44.6 Å². The largest absolute Gasteiger partial charge is 0.508 e. The van der Waals surface area contributed by atoms with Crippen LogP contribution in [0.25, 0.3) is 0 Å². The summed E-state index contributed by atoms with van der Waals surface area (Å²) >= 11 is 0. The molecule has 90 valence electrons. The second-order valence-electron chi connectivity index (χ2n) is 4.13. The van der Waals surface area contributed by atoms with Crippen LogP contribution in [0.4, 0.5) is 0 Å². The molecule has 0 amide bonds. The van der Waals surface area contributed by atoms with Gasteiger partial charge in [-0.1, -0.05) is 44.7 Å². The molecule has 0 heterocycles. The van der Waals surface area contributed by atoms with Gasteiger partial charge in [0.1, 0.15) is 5.75 Å². The van der Waals surface area contributed by atoms with Crippen LogP contribution < -0.4 is 0 Å².